The SMILES string of the molecule is Cc1cc([C@@H]2[C@H](c3ccccn3)NC(=S)N2c2ccc(Sc3ccc([N+](=O)[O-])cc3)cc2)c(C)n1Cc1ccccc1. The zero-order valence-electron chi connectivity index (χ0n) is 23.2. The van der Waals surface area contributed by atoms with Crippen LogP contribution in [0.3, 0.4) is 0 Å². The van der Waals surface area contributed by atoms with E-state index in [9.17, 15) is 10.1 Å². The highest BCUT2D eigenvalue weighted by Crippen LogP contribution is 2.44. The lowest BCUT2D eigenvalue weighted by Gasteiger charge is -2.28. The maximum atomic E-state index is 11.0. The molecule has 1 saturated heterocycles. The van der Waals surface area contributed by atoms with Gasteiger partial charge in [-0.1, -0.05) is 48.2 Å². The molecule has 6 rings (SSSR count). The van der Waals surface area contributed by atoms with Gasteiger partial charge in [0, 0.05) is 51.7 Å². The van der Waals surface area contributed by atoms with Crippen LogP contribution < -0.4 is 10.2 Å². The molecule has 0 bridgehead atoms. The Labute approximate surface area is 254 Å². The lowest BCUT2D eigenvalue weighted by molar-refractivity contribution is -0.384. The topological polar surface area (TPSA) is 76.2 Å². The van der Waals surface area contributed by atoms with Crippen LogP contribution in [0.25, 0.3) is 0 Å². The van der Waals surface area contributed by atoms with Crippen molar-refractivity contribution in [2.75, 3.05) is 4.90 Å². The van der Waals surface area contributed by atoms with E-state index in [4.69, 9.17) is 17.2 Å². The van der Waals surface area contributed by atoms with Crippen molar-refractivity contribution in [2.24, 2.45) is 0 Å². The summed E-state index contributed by atoms with van der Waals surface area (Å²) in [5.41, 5.74) is 6.85. The number of pyridine rings is 1. The van der Waals surface area contributed by atoms with Gasteiger partial charge >= 0.3 is 0 Å². The van der Waals surface area contributed by atoms with E-state index >= 15 is 0 Å². The van der Waals surface area contributed by atoms with Crippen LogP contribution >= 0.6 is 24.0 Å². The van der Waals surface area contributed by atoms with Gasteiger partial charge in [0.15, 0.2) is 5.11 Å². The molecule has 2 atom stereocenters. The number of benzene rings is 3. The van der Waals surface area contributed by atoms with Gasteiger partial charge in [-0.05, 0) is 91.8 Å². The molecule has 0 amide bonds. The largest absolute Gasteiger partial charge is 0.351 e. The fraction of sp³-hybridized carbons (Fsp3) is 0.152. The number of non-ortho nitro benzene ring substituents is 1. The van der Waals surface area contributed by atoms with E-state index in [1.54, 1.807) is 23.9 Å². The number of nitrogens with one attached hydrogen (secondary N) is 1. The molecular weight excluding hydrogens is 563 g/mol. The zero-order valence-corrected chi connectivity index (χ0v) is 24.8. The minimum atomic E-state index is -0.385. The normalized spacial score (nSPS) is 16.4. The lowest BCUT2D eigenvalue weighted by atomic mass is 9.96. The summed E-state index contributed by atoms with van der Waals surface area (Å²) < 4.78 is 2.36. The molecule has 0 saturated carbocycles. The molecule has 0 spiro atoms. The summed E-state index contributed by atoms with van der Waals surface area (Å²) in [5.74, 6) is 0. The van der Waals surface area contributed by atoms with E-state index < -0.39 is 0 Å². The summed E-state index contributed by atoms with van der Waals surface area (Å²) in [6.07, 6.45) is 1.82. The number of aromatic nitrogens is 2. The Balaban J connectivity index is 1.34. The van der Waals surface area contributed by atoms with Crippen molar-refractivity contribution >= 4 is 40.5 Å². The van der Waals surface area contributed by atoms with Crippen molar-refractivity contribution in [3.8, 4) is 0 Å². The monoisotopic (exact) mass is 591 g/mol. The highest BCUT2D eigenvalue weighted by Gasteiger charge is 2.42. The lowest BCUT2D eigenvalue weighted by Crippen LogP contribution is -2.29. The van der Waals surface area contributed by atoms with Crippen LogP contribution in [0.4, 0.5) is 11.4 Å². The second kappa shape index (κ2) is 11.8. The van der Waals surface area contributed by atoms with E-state index in [-0.39, 0.29) is 22.7 Å². The van der Waals surface area contributed by atoms with Gasteiger partial charge in [0.1, 0.15) is 0 Å². The number of aryl methyl sites for hydroxylation is 1. The number of hydrogen-bond donors (Lipinski definition) is 1. The van der Waals surface area contributed by atoms with Crippen LogP contribution in [-0.2, 0) is 6.54 Å². The Kier molecular flexibility index (Phi) is 7.78. The molecule has 1 aliphatic rings. The van der Waals surface area contributed by atoms with Crippen LogP contribution in [0.15, 0.2) is 119 Å². The number of nitrogens with zero attached hydrogens (tertiary/aromatic N) is 4. The Morgan fingerprint density at radius 1 is 0.929 bits per heavy atom. The number of anilines is 1. The van der Waals surface area contributed by atoms with Crippen LogP contribution in [0.2, 0.25) is 0 Å². The van der Waals surface area contributed by atoms with E-state index in [2.05, 4.69) is 83.2 Å². The fourth-order valence-corrected chi connectivity index (χ4v) is 6.69. The Hall–Kier alpha value is -4.47. The van der Waals surface area contributed by atoms with Crippen molar-refractivity contribution in [3.05, 3.63) is 148 Å². The van der Waals surface area contributed by atoms with E-state index in [1.165, 1.54) is 34.6 Å². The van der Waals surface area contributed by atoms with Gasteiger partial charge in [-0.15, -0.1) is 0 Å². The highest BCUT2D eigenvalue weighted by molar-refractivity contribution is 7.99. The Morgan fingerprint density at radius 3 is 2.24 bits per heavy atom. The standard InChI is InChI=1S/C33H29N5O2S2/c1-22-20-29(23(2)36(22)21-24-8-4-3-5-9-24)32-31(30-10-6-7-19-34-30)35-33(41)37(32)25-11-15-27(16-12-25)42-28-17-13-26(14-18-28)38(39)40/h3-20,31-32H,21H2,1-2H3,(H,35,41)/t31-,32+/m0/s1. The van der Waals surface area contributed by atoms with Crippen molar-refractivity contribution in [1.82, 2.24) is 14.9 Å². The molecule has 0 aliphatic carbocycles. The first kappa shape index (κ1) is 27.7. The molecule has 9 heteroatoms. The summed E-state index contributed by atoms with van der Waals surface area (Å²) in [6, 6.07) is 33.4. The molecule has 1 aliphatic heterocycles. The molecule has 3 heterocycles. The van der Waals surface area contributed by atoms with Crippen LogP contribution in [0.1, 0.15) is 40.3 Å². The predicted molar refractivity (Wildman–Crippen MR) is 171 cm³/mol. The second-order valence-corrected chi connectivity index (χ2v) is 11.8. The number of thiocarbonyl (C=S) groups is 1. The first-order valence-electron chi connectivity index (χ1n) is 13.6. The van der Waals surface area contributed by atoms with Crippen molar-refractivity contribution < 1.29 is 4.92 Å². The smallest absolute Gasteiger partial charge is 0.269 e. The number of nitro benzene ring substituents is 1. The third-order valence-corrected chi connectivity index (χ3v) is 8.94. The van der Waals surface area contributed by atoms with Gasteiger partial charge in [-0.25, -0.2) is 0 Å². The van der Waals surface area contributed by atoms with Crippen LogP contribution in [0, 0.1) is 24.0 Å². The summed E-state index contributed by atoms with van der Waals surface area (Å²) in [4.78, 5) is 19.5. The number of rotatable bonds is 8. The van der Waals surface area contributed by atoms with E-state index in [0.29, 0.717) is 5.11 Å². The number of nitro groups is 1. The van der Waals surface area contributed by atoms with Crippen LogP contribution in [-0.4, -0.2) is 19.6 Å². The first-order valence-corrected chi connectivity index (χ1v) is 14.8. The van der Waals surface area contributed by atoms with Crippen molar-refractivity contribution in [1.29, 1.82) is 0 Å². The Bertz CT molecular complexity index is 1720. The number of hydrogen-bond acceptors (Lipinski definition) is 5. The van der Waals surface area contributed by atoms with Gasteiger partial charge < -0.3 is 14.8 Å². The van der Waals surface area contributed by atoms with Gasteiger partial charge in [0.25, 0.3) is 5.69 Å². The van der Waals surface area contributed by atoms with Gasteiger partial charge in [-0.3, -0.25) is 15.1 Å². The average molecular weight is 592 g/mol. The zero-order chi connectivity index (χ0) is 29.2. The van der Waals surface area contributed by atoms with Gasteiger partial charge in [0.2, 0.25) is 0 Å². The molecule has 7 nitrogen and oxygen atoms in total. The minimum Gasteiger partial charge on any atom is -0.351 e. The van der Waals surface area contributed by atoms with Crippen molar-refractivity contribution in [2.45, 2.75) is 42.3 Å². The molecule has 1 N–H and O–H groups in total. The minimum absolute atomic E-state index is 0.0846. The summed E-state index contributed by atoms with van der Waals surface area (Å²) in [6.45, 7) is 5.14. The quantitative estimate of drug-likeness (QED) is 0.112. The molecule has 210 valence electrons. The van der Waals surface area contributed by atoms with Crippen LogP contribution in [0.5, 0.6) is 0 Å². The average Bonchev–Trinajstić information content (AvgIpc) is 3.49. The summed E-state index contributed by atoms with van der Waals surface area (Å²) in [5, 5.41) is 15.2. The molecule has 0 radical (unpaired) electrons. The molecule has 42 heavy (non-hydrogen) atoms. The third kappa shape index (κ3) is 5.53. The predicted octanol–water partition coefficient (Wildman–Crippen LogP) is 7.78. The van der Waals surface area contributed by atoms with E-state index in [1.807, 2.05) is 30.5 Å². The molecular formula is C33H29N5O2S2. The maximum absolute atomic E-state index is 11.0. The highest BCUT2D eigenvalue weighted by atomic mass is 32.2. The summed E-state index contributed by atoms with van der Waals surface area (Å²) in [7, 11) is 0. The maximum Gasteiger partial charge on any atom is 0.269 e. The van der Waals surface area contributed by atoms with Gasteiger partial charge in [0.05, 0.1) is 22.7 Å². The summed E-state index contributed by atoms with van der Waals surface area (Å²) >= 11 is 7.52. The fourth-order valence-electron chi connectivity index (χ4n) is 5.53. The second-order valence-electron chi connectivity index (χ2n) is 10.2. The molecule has 2 aromatic heterocycles. The van der Waals surface area contributed by atoms with Gasteiger partial charge in [-0.2, -0.15) is 0 Å². The third-order valence-electron chi connectivity index (χ3n) is 7.61. The Morgan fingerprint density at radius 2 is 1.60 bits per heavy atom. The first-order chi connectivity index (χ1) is 20.4. The molecule has 0 unspecified atom stereocenters. The molecule has 1 fully saturated rings. The molecule has 3 aromatic carbocycles. The van der Waals surface area contributed by atoms with Crippen molar-refractivity contribution in [3.63, 3.8) is 0 Å². The molecule has 5 aromatic rings. The van der Waals surface area contributed by atoms with E-state index in [0.717, 1.165) is 27.7 Å².